The lowest BCUT2D eigenvalue weighted by atomic mass is 10.2. The van der Waals surface area contributed by atoms with Crippen molar-refractivity contribution < 1.29 is 22.0 Å². The number of carbonyl (C=O) groups excluding carboxylic acids is 1. The zero-order valence-electron chi connectivity index (χ0n) is 17.3. The highest BCUT2D eigenvalue weighted by Gasteiger charge is 2.19. The standard InChI is InChI=1S/C23H22F2N2O3S2/c1-32(29,30)27(17-13-14-19(24)20(25)16-17)15-7-12-23(28)26-21-10-5-6-11-22(21)31-18-8-3-2-4-9-18/h2-6,8-11,13-14,16H,7,12,15H2,1H3,(H,26,28). The molecule has 0 aromatic heterocycles. The summed E-state index contributed by atoms with van der Waals surface area (Å²) >= 11 is 1.52. The number of nitrogens with one attached hydrogen (secondary N) is 1. The Hall–Kier alpha value is -2.91. The number of halogens is 2. The van der Waals surface area contributed by atoms with E-state index in [-0.39, 0.29) is 31.0 Å². The van der Waals surface area contributed by atoms with Crippen molar-refractivity contribution in [3.05, 3.63) is 84.4 Å². The molecular weight excluding hydrogens is 454 g/mol. The third-order valence-corrected chi connectivity index (χ3v) is 6.77. The number of nitrogens with zero attached hydrogens (tertiary/aromatic N) is 1. The quantitative estimate of drug-likeness (QED) is 0.455. The van der Waals surface area contributed by atoms with E-state index in [1.807, 2.05) is 48.5 Å². The van der Waals surface area contributed by atoms with Gasteiger partial charge in [-0.2, -0.15) is 0 Å². The maximum Gasteiger partial charge on any atom is 0.232 e. The molecule has 0 aliphatic carbocycles. The van der Waals surface area contributed by atoms with E-state index >= 15 is 0 Å². The Bertz CT molecular complexity index is 1190. The number of carbonyl (C=O) groups is 1. The first-order chi connectivity index (χ1) is 15.2. The fraction of sp³-hybridized carbons (Fsp3) is 0.174. The first-order valence-corrected chi connectivity index (χ1v) is 12.4. The van der Waals surface area contributed by atoms with Gasteiger partial charge >= 0.3 is 0 Å². The first kappa shape index (κ1) is 23.7. The van der Waals surface area contributed by atoms with Crippen LogP contribution in [0.25, 0.3) is 0 Å². The van der Waals surface area contributed by atoms with Crippen LogP contribution in [-0.2, 0) is 14.8 Å². The molecule has 0 aliphatic rings. The number of amides is 1. The molecule has 5 nitrogen and oxygen atoms in total. The summed E-state index contributed by atoms with van der Waals surface area (Å²) in [6, 6.07) is 20.0. The zero-order valence-corrected chi connectivity index (χ0v) is 18.9. The molecule has 0 atom stereocenters. The normalized spacial score (nSPS) is 11.2. The topological polar surface area (TPSA) is 66.5 Å². The molecule has 0 saturated heterocycles. The van der Waals surface area contributed by atoms with Gasteiger partial charge in [0.25, 0.3) is 0 Å². The zero-order chi connectivity index (χ0) is 23.1. The number of hydrogen-bond acceptors (Lipinski definition) is 4. The highest BCUT2D eigenvalue weighted by molar-refractivity contribution is 7.99. The highest BCUT2D eigenvalue weighted by atomic mass is 32.2. The van der Waals surface area contributed by atoms with E-state index in [2.05, 4.69) is 5.32 Å². The van der Waals surface area contributed by atoms with Crippen molar-refractivity contribution in [2.45, 2.75) is 22.6 Å². The summed E-state index contributed by atoms with van der Waals surface area (Å²) in [5.74, 6) is -2.47. The molecule has 0 spiro atoms. The summed E-state index contributed by atoms with van der Waals surface area (Å²) in [5, 5.41) is 2.86. The van der Waals surface area contributed by atoms with E-state index < -0.39 is 21.7 Å². The molecule has 0 bridgehead atoms. The Kier molecular flexibility index (Phi) is 7.87. The molecule has 0 aliphatic heterocycles. The van der Waals surface area contributed by atoms with Gasteiger partial charge in [0.15, 0.2) is 11.6 Å². The molecule has 3 rings (SSSR count). The summed E-state index contributed by atoms with van der Waals surface area (Å²) in [6.07, 6.45) is 1.23. The smallest absolute Gasteiger partial charge is 0.232 e. The van der Waals surface area contributed by atoms with Crippen LogP contribution in [0.5, 0.6) is 0 Å². The van der Waals surface area contributed by atoms with Crippen molar-refractivity contribution in [3.8, 4) is 0 Å². The Labute approximate surface area is 190 Å². The summed E-state index contributed by atoms with van der Waals surface area (Å²) < 4.78 is 51.9. The largest absolute Gasteiger partial charge is 0.325 e. The number of para-hydroxylation sites is 1. The Morgan fingerprint density at radius 1 is 0.969 bits per heavy atom. The van der Waals surface area contributed by atoms with E-state index in [1.54, 1.807) is 6.07 Å². The molecule has 32 heavy (non-hydrogen) atoms. The van der Waals surface area contributed by atoms with Gasteiger partial charge in [-0.1, -0.05) is 42.1 Å². The molecule has 0 heterocycles. The van der Waals surface area contributed by atoms with Crippen LogP contribution in [0.1, 0.15) is 12.8 Å². The van der Waals surface area contributed by atoms with Crippen LogP contribution in [0, 0.1) is 11.6 Å². The van der Waals surface area contributed by atoms with E-state index in [9.17, 15) is 22.0 Å². The molecule has 168 valence electrons. The molecule has 3 aromatic rings. The fourth-order valence-corrected chi connectivity index (χ4v) is 4.88. The third-order valence-electron chi connectivity index (χ3n) is 4.49. The molecule has 1 amide bonds. The average Bonchev–Trinajstić information content (AvgIpc) is 2.75. The molecule has 0 unspecified atom stereocenters. The second-order valence-corrected chi connectivity index (χ2v) is 10.0. The van der Waals surface area contributed by atoms with Gasteiger partial charge in [-0.25, -0.2) is 17.2 Å². The fourth-order valence-electron chi connectivity index (χ4n) is 3.00. The highest BCUT2D eigenvalue weighted by Crippen LogP contribution is 2.33. The van der Waals surface area contributed by atoms with E-state index in [0.717, 1.165) is 32.5 Å². The second-order valence-electron chi connectivity index (χ2n) is 7.00. The third kappa shape index (κ3) is 6.54. The molecule has 0 saturated carbocycles. The van der Waals surface area contributed by atoms with Crippen LogP contribution in [0.15, 0.2) is 82.6 Å². The van der Waals surface area contributed by atoms with Crippen LogP contribution >= 0.6 is 11.8 Å². The number of anilines is 2. The minimum absolute atomic E-state index is 0.0106. The van der Waals surface area contributed by atoms with Crippen molar-refractivity contribution >= 4 is 39.1 Å². The van der Waals surface area contributed by atoms with Crippen LogP contribution < -0.4 is 9.62 Å². The predicted molar refractivity (Wildman–Crippen MR) is 123 cm³/mol. The molecule has 0 fully saturated rings. The summed E-state index contributed by atoms with van der Waals surface area (Å²) in [6.45, 7) is -0.0439. The summed E-state index contributed by atoms with van der Waals surface area (Å²) in [5.41, 5.74) is 0.670. The minimum Gasteiger partial charge on any atom is -0.325 e. The second kappa shape index (κ2) is 10.6. The van der Waals surface area contributed by atoms with Gasteiger partial charge in [0.05, 0.1) is 17.6 Å². The summed E-state index contributed by atoms with van der Waals surface area (Å²) in [7, 11) is -3.74. The lowest BCUT2D eigenvalue weighted by molar-refractivity contribution is -0.116. The number of hydrogen-bond donors (Lipinski definition) is 1. The minimum atomic E-state index is -3.74. The van der Waals surface area contributed by atoms with Crippen LogP contribution in [0.3, 0.4) is 0 Å². The van der Waals surface area contributed by atoms with Crippen molar-refractivity contribution in [3.63, 3.8) is 0 Å². The predicted octanol–water partition coefficient (Wildman–Crippen LogP) is 5.30. The van der Waals surface area contributed by atoms with Gasteiger partial charge in [0.2, 0.25) is 15.9 Å². The maximum atomic E-state index is 13.6. The molecule has 9 heteroatoms. The van der Waals surface area contributed by atoms with Gasteiger partial charge < -0.3 is 5.32 Å². The number of rotatable bonds is 9. The first-order valence-electron chi connectivity index (χ1n) is 9.78. The van der Waals surface area contributed by atoms with Crippen molar-refractivity contribution in [1.82, 2.24) is 0 Å². The Balaban J connectivity index is 1.62. The lowest BCUT2D eigenvalue weighted by Crippen LogP contribution is -2.31. The van der Waals surface area contributed by atoms with E-state index in [0.29, 0.717) is 5.69 Å². The Morgan fingerprint density at radius 3 is 2.34 bits per heavy atom. The van der Waals surface area contributed by atoms with Gasteiger partial charge in [-0.3, -0.25) is 9.10 Å². The molecular formula is C23H22F2N2O3S2. The molecule has 0 radical (unpaired) electrons. The SMILES string of the molecule is CS(=O)(=O)N(CCCC(=O)Nc1ccccc1Sc1ccccc1)c1ccc(F)c(F)c1. The number of benzene rings is 3. The van der Waals surface area contributed by atoms with Gasteiger partial charge in [0.1, 0.15) is 0 Å². The lowest BCUT2D eigenvalue weighted by Gasteiger charge is -2.22. The van der Waals surface area contributed by atoms with Gasteiger partial charge in [0, 0.05) is 28.8 Å². The van der Waals surface area contributed by atoms with Gasteiger partial charge in [-0.05, 0) is 42.8 Å². The van der Waals surface area contributed by atoms with Crippen LogP contribution in [0.4, 0.5) is 20.2 Å². The Morgan fingerprint density at radius 2 is 1.66 bits per heavy atom. The van der Waals surface area contributed by atoms with Gasteiger partial charge in [-0.15, -0.1) is 0 Å². The van der Waals surface area contributed by atoms with Crippen LogP contribution in [0.2, 0.25) is 0 Å². The number of sulfonamides is 1. The monoisotopic (exact) mass is 476 g/mol. The van der Waals surface area contributed by atoms with Crippen LogP contribution in [-0.4, -0.2) is 27.1 Å². The molecule has 3 aromatic carbocycles. The van der Waals surface area contributed by atoms with Crippen molar-refractivity contribution in [2.24, 2.45) is 0 Å². The van der Waals surface area contributed by atoms with E-state index in [4.69, 9.17) is 0 Å². The van der Waals surface area contributed by atoms with E-state index in [1.165, 1.54) is 17.8 Å². The molecule has 1 N–H and O–H groups in total. The average molecular weight is 477 g/mol. The van der Waals surface area contributed by atoms with Crippen molar-refractivity contribution in [1.29, 1.82) is 0 Å². The maximum absolute atomic E-state index is 13.6. The van der Waals surface area contributed by atoms with Crippen molar-refractivity contribution in [2.75, 3.05) is 22.4 Å². The summed E-state index contributed by atoms with van der Waals surface area (Å²) in [4.78, 5) is 14.4.